The Balaban J connectivity index is 1.46. The summed E-state index contributed by atoms with van der Waals surface area (Å²) >= 11 is 2.92. The molecule has 29 heavy (non-hydrogen) atoms. The largest absolute Gasteiger partial charge is 0.308 e. The van der Waals surface area contributed by atoms with Crippen molar-refractivity contribution in [2.75, 3.05) is 5.32 Å². The van der Waals surface area contributed by atoms with Gasteiger partial charge in [0.25, 0.3) is 0 Å². The summed E-state index contributed by atoms with van der Waals surface area (Å²) in [4.78, 5) is 17.1. The van der Waals surface area contributed by atoms with Crippen molar-refractivity contribution in [2.45, 2.75) is 16.5 Å². The number of nitrogens with zero attached hydrogens (tertiary/aromatic N) is 4. The van der Waals surface area contributed by atoms with Crippen LogP contribution in [0, 0.1) is 17.1 Å². The predicted molar refractivity (Wildman–Crippen MR) is 112 cm³/mol. The van der Waals surface area contributed by atoms with Crippen LogP contribution < -0.4 is 5.32 Å². The topological polar surface area (TPSA) is 83.6 Å². The lowest BCUT2D eigenvalue weighted by Crippen LogP contribution is -2.22. The molecule has 2 aromatic carbocycles. The third kappa shape index (κ3) is 3.99. The van der Waals surface area contributed by atoms with Crippen molar-refractivity contribution in [2.24, 2.45) is 0 Å². The number of carbonyl (C=O) groups is 1. The van der Waals surface area contributed by atoms with Crippen LogP contribution in [0.4, 0.5) is 10.2 Å². The van der Waals surface area contributed by atoms with E-state index in [4.69, 9.17) is 5.26 Å². The minimum absolute atomic E-state index is 0.103. The van der Waals surface area contributed by atoms with Gasteiger partial charge in [0.05, 0.1) is 21.2 Å². The molecule has 1 N–H and O–H groups in total. The van der Waals surface area contributed by atoms with Gasteiger partial charge < -0.3 is 5.32 Å². The van der Waals surface area contributed by atoms with E-state index in [2.05, 4.69) is 15.4 Å². The number of para-hydroxylation sites is 1. The smallest absolute Gasteiger partial charge is 0.238 e. The lowest BCUT2D eigenvalue weighted by atomic mass is 10.2. The minimum Gasteiger partial charge on any atom is -0.308 e. The van der Waals surface area contributed by atoms with E-state index < -0.39 is 5.82 Å². The maximum absolute atomic E-state index is 13.8. The van der Waals surface area contributed by atoms with Crippen molar-refractivity contribution in [1.82, 2.24) is 14.8 Å². The monoisotopic (exact) mass is 423 g/mol. The van der Waals surface area contributed by atoms with Gasteiger partial charge in [-0.25, -0.2) is 14.1 Å². The van der Waals surface area contributed by atoms with Crippen LogP contribution in [0.25, 0.3) is 15.9 Å². The van der Waals surface area contributed by atoms with Gasteiger partial charge >= 0.3 is 0 Å². The summed E-state index contributed by atoms with van der Waals surface area (Å²) in [5.41, 5.74) is 1.12. The molecule has 1 unspecified atom stereocenters. The minimum atomic E-state index is -0.619. The number of benzene rings is 2. The molecule has 0 spiro atoms. The first kappa shape index (κ1) is 19.1. The normalized spacial score (nSPS) is 11.9. The van der Waals surface area contributed by atoms with E-state index in [0.29, 0.717) is 11.5 Å². The maximum Gasteiger partial charge on any atom is 0.238 e. The molecular formula is C20H14FN5OS2. The molecule has 0 fully saturated rings. The fourth-order valence-corrected chi connectivity index (χ4v) is 4.88. The lowest BCUT2D eigenvalue weighted by Gasteiger charge is -2.08. The highest BCUT2D eigenvalue weighted by Gasteiger charge is 2.18. The van der Waals surface area contributed by atoms with E-state index in [9.17, 15) is 9.18 Å². The number of hydrogen-bond donors (Lipinski definition) is 1. The average molecular weight is 423 g/mol. The molecule has 0 aliphatic carbocycles. The van der Waals surface area contributed by atoms with Crippen LogP contribution in [0.3, 0.4) is 0 Å². The second-order valence-electron chi connectivity index (χ2n) is 6.09. The SMILES string of the molecule is CC(Sc1nc2ccccc2s1)C(=O)Nc1ccn(-c2cccc(F)c2C#N)n1. The first-order valence-corrected chi connectivity index (χ1v) is 10.3. The molecule has 2 aromatic heterocycles. The van der Waals surface area contributed by atoms with Gasteiger partial charge in [0, 0.05) is 12.3 Å². The number of anilines is 1. The Morgan fingerprint density at radius 1 is 1.28 bits per heavy atom. The highest BCUT2D eigenvalue weighted by atomic mass is 32.2. The number of carbonyl (C=O) groups excluding carboxylic acids is 1. The standard InChI is InChI=1S/C20H14FN5OS2/c1-12(28-20-23-15-6-2-3-8-17(15)29-20)19(27)24-18-9-10-26(25-18)16-7-4-5-14(21)13(16)11-22/h2-10,12H,1H3,(H,24,25,27). The van der Waals surface area contributed by atoms with Crippen LogP contribution in [-0.2, 0) is 4.79 Å². The number of halogens is 1. The fourth-order valence-electron chi connectivity index (χ4n) is 2.67. The van der Waals surface area contributed by atoms with Crippen LogP contribution in [0.15, 0.2) is 59.1 Å². The summed E-state index contributed by atoms with van der Waals surface area (Å²) in [5.74, 6) is -0.522. The zero-order valence-electron chi connectivity index (χ0n) is 15.2. The Kier molecular flexibility index (Phi) is 5.29. The van der Waals surface area contributed by atoms with Gasteiger partial charge in [0.2, 0.25) is 5.91 Å². The second kappa shape index (κ2) is 8.03. The molecule has 1 atom stereocenters. The molecule has 4 rings (SSSR count). The van der Waals surface area contributed by atoms with Crippen LogP contribution in [-0.4, -0.2) is 25.9 Å². The molecule has 2 heterocycles. The molecule has 0 saturated heterocycles. The van der Waals surface area contributed by atoms with Crippen molar-refractivity contribution >= 4 is 45.0 Å². The summed E-state index contributed by atoms with van der Waals surface area (Å²) in [5, 5.41) is 15.8. The van der Waals surface area contributed by atoms with Crippen LogP contribution in [0.1, 0.15) is 12.5 Å². The molecule has 0 aliphatic heterocycles. The Morgan fingerprint density at radius 3 is 2.90 bits per heavy atom. The van der Waals surface area contributed by atoms with Gasteiger partial charge in [-0.15, -0.1) is 11.3 Å². The number of thiazole rings is 1. The first-order chi connectivity index (χ1) is 14.0. The van der Waals surface area contributed by atoms with Crippen LogP contribution in [0.5, 0.6) is 0 Å². The Bertz CT molecular complexity index is 1210. The van der Waals surface area contributed by atoms with Gasteiger partial charge in [-0.05, 0) is 31.2 Å². The van der Waals surface area contributed by atoms with E-state index in [1.807, 2.05) is 30.3 Å². The van der Waals surface area contributed by atoms with E-state index >= 15 is 0 Å². The summed E-state index contributed by atoms with van der Waals surface area (Å²) in [6, 6.07) is 15.6. The van der Waals surface area contributed by atoms with Gasteiger partial charge in [0.15, 0.2) is 10.2 Å². The van der Waals surface area contributed by atoms with Crippen molar-refractivity contribution < 1.29 is 9.18 Å². The number of rotatable bonds is 5. The summed E-state index contributed by atoms with van der Waals surface area (Å²) < 4.78 is 17.1. The Morgan fingerprint density at radius 2 is 2.10 bits per heavy atom. The highest BCUT2D eigenvalue weighted by molar-refractivity contribution is 8.02. The first-order valence-electron chi connectivity index (χ1n) is 8.63. The third-order valence-electron chi connectivity index (χ3n) is 4.11. The van der Waals surface area contributed by atoms with Crippen molar-refractivity contribution in [3.8, 4) is 11.8 Å². The zero-order valence-corrected chi connectivity index (χ0v) is 16.8. The van der Waals surface area contributed by atoms with Gasteiger partial charge in [-0.1, -0.05) is 30.0 Å². The van der Waals surface area contributed by atoms with Gasteiger partial charge in [0.1, 0.15) is 17.4 Å². The summed E-state index contributed by atoms with van der Waals surface area (Å²) in [6.45, 7) is 1.80. The molecular weight excluding hydrogens is 409 g/mol. The van der Waals surface area contributed by atoms with Crippen molar-refractivity contribution in [3.05, 3.63) is 66.1 Å². The maximum atomic E-state index is 13.8. The van der Waals surface area contributed by atoms with Crippen LogP contribution in [0.2, 0.25) is 0 Å². The predicted octanol–water partition coefficient (Wildman–Crippen LogP) is 4.61. The molecule has 0 radical (unpaired) electrons. The van der Waals surface area contributed by atoms with Gasteiger partial charge in [-0.3, -0.25) is 4.79 Å². The second-order valence-corrected chi connectivity index (χ2v) is 8.71. The summed E-state index contributed by atoms with van der Waals surface area (Å²) in [6.07, 6.45) is 1.57. The number of fused-ring (bicyclic) bond motifs is 1. The lowest BCUT2D eigenvalue weighted by molar-refractivity contribution is -0.115. The zero-order chi connectivity index (χ0) is 20.4. The molecule has 0 bridgehead atoms. The average Bonchev–Trinajstić information content (AvgIpc) is 3.33. The number of nitrogens with one attached hydrogen (secondary N) is 1. The third-order valence-corrected chi connectivity index (χ3v) is 6.34. The number of aromatic nitrogens is 3. The number of thioether (sulfide) groups is 1. The molecule has 9 heteroatoms. The molecule has 144 valence electrons. The molecule has 0 saturated carbocycles. The molecule has 4 aromatic rings. The van der Waals surface area contributed by atoms with E-state index in [0.717, 1.165) is 14.6 Å². The van der Waals surface area contributed by atoms with Crippen LogP contribution >= 0.6 is 23.1 Å². The van der Waals surface area contributed by atoms with Crippen molar-refractivity contribution in [1.29, 1.82) is 5.26 Å². The quantitative estimate of drug-likeness (QED) is 0.474. The Hall–Kier alpha value is -3.22. The van der Waals surface area contributed by atoms with Gasteiger partial charge in [-0.2, -0.15) is 10.4 Å². The highest BCUT2D eigenvalue weighted by Crippen LogP contribution is 2.32. The van der Waals surface area contributed by atoms with E-state index in [1.54, 1.807) is 36.6 Å². The number of hydrogen-bond acceptors (Lipinski definition) is 6. The van der Waals surface area contributed by atoms with Crippen molar-refractivity contribution in [3.63, 3.8) is 0 Å². The Labute approximate surface area is 174 Å². The molecule has 0 aliphatic rings. The summed E-state index contributed by atoms with van der Waals surface area (Å²) in [7, 11) is 0. The van der Waals surface area contributed by atoms with E-state index in [1.165, 1.54) is 28.6 Å². The molecule has 6 nitrogen and oxygen atoms in total. The number of amides is 1. The molecule has 1 amide bonds. The van der Waals surface area contributed by atoms with E-state index in [-0.39, 0.29) is 16.7 Å². The number of nitriles is 1. The fraction of sp³-hybridized carbons (Fsp3) is 0.100.